The largest absolute Gasteiger partial charge is 0.506 e. The first-order valence-electron chi connectivity index (χ1n) is 8.01. The molecule has 0 unspecified atom stereocenters. The molecular weight excluding hydrogens is 264 g/mol. The molecule has 0 bridgehead atoms. The van der Waals surface area contributed by atoms with Crippen LogP contribution in [-0.2, 0) is 17.6 Å². The molecule has 2 rings (SSSR count). The standard InChI is InChI=1S/C17H26N2O2/c1-3-5-10-19(9-4-2)11-8-13-6-7-15(20)17-14(13)12-16(21)18-17/h6-7,20H,3-5,8-12H2,1-2H3,(H,18,21). The Kier molecular flexibility index (Phi) is 5.62. The zero-order chi connectivity index (χ0) is 15.2. The number of carbonyl (C=O) groups is 1. The van der Waals surface area contributed by atoms with Crippen LogP contribution < -0.4 is 5.32 Å². The number of nitrogens with zero attached hydrogens (tertiary/aromatic N) is 1. The lowest BCUT2D eigenvalue weighted by atomic mass is 10.0. The van der Waals surface area contributed by atoms with Crippen LogP contribution in [0.15, 0.2) is 12.1 Å². The van der Waals surface area contributed by atoms with Gasteiger partial charge in [0.2, 0.25) is 5.91 Å². The van der Waals surface area contributed by atoms with Crippen LogP contribution in [0.1, 0.15) is 44.2 Å². The average Bonchev–Trinajstić information content (AvgIpc) is 2.86. The highest BCUT2D eigenvalue weighted by Crippen LogP contribution is 2.35. The van der Waals surface area contributed by atoms with Crippen molar-refractivity contribution >= 4 is 11.6 Å². The Morgan fingerprint density at radius 2 is 2.00 bits per heavy atom. The van der Waals surface area contributed by atoms with E-state index in [1.54, 1.807) is 6.07 Å². The number of rotatable bonds is 8. The van der Waals surface area contributed by atoms with Gasteiger partial charge >= 0.3 is 0 Å². The van der Waals surface area contributed by atoms with Crippen molar-refractivity contribution < 1.29 is 9.90 Å². The summed E-state index contributed by atoms with van der Waals surface area (Å²) in [6.45, 7) is 7.70. The van der Waals surface area contributed by atoms with Crippen LogP contribution in [0.25, 0.3) is 0 Å². The molecule has 0 saturated heterocycles. The number of phenols is 1. The molecule has 4 nitrogen and oxygen atoms in total. The Morgan fingerprint density at radius 3 is 2.71 bits per heavy atom. The lowest BCUT2D eigenvalue weighted by Crippen LogP contribution is -2.28. The van der Waals surface area contributed by atoms with Crippen molar-refractivity contribution in [3.8, 4) is 5.75 Å². The van der Waals surface area contributed by atoms with E-state index in [9.17, 15) is 9.90 Å². The van der Waals surface area contributed by atoms with Gasteiger partial charge in [0.1, 0.15) is 5.75 Å². The molecule has 116 valence electrons. The highest BCUT2D eigenvalue weighted by molar-refractivity contribution is 6.01. The molecule has 0 radical (unpaired) electrons. The summed E-state index contributed by atoms with van der Waals surface area (Å²) in [5, 5.41) is 12.6. The maximum absolute atomic E-state index is 11.6. The van der Waals surface area contributed by atoms with E-state index in [-0.39, 0.29) is 11.7 Å². The number of carbonyl (C=O) groups excluding carboxylic acids is 1. The van der Waals surface area contributed by atoms with Crippen molar-refractivity contribution in [2.24, 2.45) is 0 Å². The van der Waals surface area contributed by atoms with Gasteiger partial charge in [-0.2, -0.15) is 0 Å². The molecule has 1 aromatic carbocycles. The molecule has 0 spiro atoms. The minimum Gasteiger partial charge on any atom is -0.506 e. The number of amides is 1. The Bertz CT molecular complexity index is 500. The molecule has 0 aliphatic carbocycles. The number of anilines is 1. The highest BCUT2D eigenvalue weighted by Gasteiger charge is 2.23. The molecular formula is C17H26N2O2. The summed E-state index contributed by atoms with van der Waals surface area (Å²) in [5.41, 5.74) is 2.78. The molecule has 0 aromatic heterocycles. The fraction of sp³-hybridized carbons (Fsp3) is 0.588. The van der Waals surface area contributed by atoms with Crippen LogP contribution in [-0.4, -0.2) is 35.5 Å². The summed E-state index contributed by atoms with van der Waals surface area (Å²) in [5.74, 6) is 0.153. The smallest absolute Gasteiger partial charge is 0.228 e. The molecule has 4 heteroatoms. The summed E-state index contributed by atoms with van der Waals surface area (Å²) in [4.78, 5) is 14.0. The van der Waals surface area contributed by atoms with E-state index in [1.807, 2.05) is 6.07 Å². The van der Waals surface area contributed by atoms with Crippen LogP contribution in [0.5, 0.6) is 5.75 Å². The van der Waals surface area contributed by atoms with E-state index in [1.165, 1.54) is 18.4 Å². The zero-order valence-corrected chi connectivity index (χ0v) is 13.1. The zero-order valence-electron chi connectivity index (χ0n) is 13.1. The lowest BCUT2D eigenvalue weighted by molar-refractivity contribution is -0.115. The van der Waals surface area contributed by atoms with Gasteiger partial charge in [-0.25, -0.2) is 0 Å². The molecule has 0 atom stereocenters. The molecule has 0 saturated carbocycles. The SMILES string of the molecule is CCCCN(CCC)CCc1ccc(O)c2c1CC(=O)N2. The fourth-order valence-electron chi connectivity index (χ4n) is 2.91. The average molecular weight is 290 g/mol. The van der Waals surface area contributed by atoms with Crippen LogP contribution >= 0.6 is 0 Å². The molecule has 1 aromatic rings. The predicted octanol–water partition coefficient (Wildman–Crippen LogP) is 2.94. The van der Waals surface area contributed by atoms with Crippen molar-refractivity contribution in [1.29, 1.82) is 0 Å². The van der Waals surface area contributed by atoms with Crippen LogP contribution in [0, 0.1) is 0 Å². The number of hydrogen-bond acceptors (Lipinski definition) is 3. The summed E-state index contributed by atoms with van der Waals surface area (Å²) >= 11 is 0. The second-order valence-corrected chi connectivity index (χ2v) is 5.77. The Hall–Kier alpha value is -1.55. The molecule has 2 N–H and O–H groups in total. The van der Waals surface area contributed by atoms with E-state index in [2.05, 4.69) is 24.1 Å². The highest BCUT2D eigenvalue weighted by atomic mass is 16.3. The van der Waals surface area contributed by atoms with Crippen molar-refractivity contribution in [1.82, 2.24) is 4.90 Å². The normalized spacial score (nSPS) is 13.6. The number of unbranched alkanes of at least 4 members (excludes halogenated alkanes) is 1. The molecule has 0 fully saturated rings. The van der Waals surface area contributed by atoms with Gasteiger partial charge in [-0.3, -0.25) is 4.79 Å². The second-order valence-electron chi connectivity index (χ2n) is 5.77. The summed E-state index contributed by atoms with van der Waals surface area (Å²) in [7, 11) is 0. The van der Waals surface area contributed by atoms with Gasteiger partial charge in [0.15, 0.2) is 0 Å². The number of phenolic OH excluding ortho intramolecular Hbond substituents is 1. The molecule has 1 amide bonds. The third-order valence-electron chi connectivity index (χ3n) is 4.05. The number of fused-ring (bicyclic) bond motifs is 1. The number of aromatic hydroxyl groups is 1. The lowest BCUT2D eigenvalue weighted by Gasteiger charge is -2.22. The number of nitrogens with one attached hydrogen (secondary N) is 1. The predicted molar refractivity (Wildman–Crippen MR) is 85.8 cm³/mol. The quantitative estimate of drug-likeness (QED) is 0.724. The second kappa shape index (κ2) is 7.46. The minimum absolute atomic E-state index is 0.0239. The van der Waals surface area contributed by atoms with Gasteiger partial charge in [0, 0.05) is 6.54 Å². The summed E-state index contributed by atoms with van der Waals surface area (Å²) in [6, 6.07) is 3.65. The van der Waals surface area contributed by atoms with E-state index >= 15 is 0 Å². The van der Waals surface area contributed by atoms with Crippen molar-refractivity contribution in [2.45, 2.75) is 46.0 Å². The van der Waals surface area contributed by atoms with Crippen LogP contribution in [0.3, 0.4) is 0 Å². The van der Waals surface area contributed by atoms with Gasteiger partial charge in [-0.05, 0) is 49.5 Å². The summed E-state index contributed by atoms with van der Waals surface area (Å²) < 4.78 is 0. The molecule has 1 aliphatic rings. The molecule has 1 heterocycles. The number of hydrogen-bond donors (Lipinski definition) is 2. The van der Waals surface area contributed by atoms with Crippen molar-refractivity contribution in [3.05, 3.63) is 23.3 Å². The van der Waals surface area contributed by atoms with Gasteiger partial charge in [-0.1, -0.05) is 26.3 Å². The van der Waals surface area contributed by atoms with Gasteiger partial charge in [-0.15, -0.1) is 0 Å². The molecule has 21 heavy (non-hydrogen) atoms. The van der Waals surface area contributed by atoms with Crippen molar-refractivity contribution in [3.63, 3.8) is 0 Å². The van der Waals surface area contributed by atoms with E-state index in [4.69, 9.17) is 0 Å². The maximum Gasteiger partial charge on any atom is 0.228 e. The van der Waals surface area contributed by atoms with Crippen LogP contribution in [0.4, 0.5) is 5.69 Å². The third-order valence-corrected chi connectivity index (χ3v) is 4.05. The maximum atomic E-state index is 11.6. The Labute approximate surface area is 127 Å². The molecule has 1 aliphatic heterocycles. The Morgan fingerprint density at radius 1 is 1.19 bits per heavy atom. The monoisotopic (exact) mass is 290 g/mol. The topological polar surface area (TPSA) is 52.6 Å². The van der Waals surface area contributed by atoms with Gasteiger partial charge in [0.25, 0.3) is 0 Å². The minimum atomic E-state index is -0.0239. The van der Waals surface area contributed by atoms with E-state index in [0.29, 0.717) is 12.1 Å². The first-order chi connectivity index (χ1) is 10.2. The Balaban J connectivity index is 2.03. The number of benzene rings is 1. The van der Waals surface area contributed by atoms with E-state index < -0.39 is 0 Å². The van der Waals surface area contributed by atoms with E-state index in [0.717, 1.165) is 38.0 Å². The first-order valence-corrected chi connectivity index (χ1v) is 8.01. The van der Waals surface area contributed by atoms with Gasteiger partial charge < -0.3 is 15.3 Å². The first kappa shape index (κ1) is 15.8. The van der Waals surface area contributed by atoms with Gasteiger partial charge in [0.05, 0.1) is 12.1 Å². The fourth-order valence-corrected chi connectivity index (χ4v) is 2.91. The van der Waals surface area contributed by atoms with Crippen molar-refractivity contribution in [2.75, 3.05) is 25.0 Å². The summed E-state index contributed by atoms with van der Waals surface area (Å²) in [6.07, 6.45) is 4.93. The third kappa shape index (κ3) is 3.97. The van der Waals surface area contributed by atoms with Crippen LogP contribution in [0.2, 0.25) is 0 Å².